The molecule has 1 aliphatic heterocycles. The van der Waals surface area contributed by atoms with Crippen molar-refractivity contribution in [3.8, 4) is 5.75 Å². The molecule has 2 aromatic rings. The molecule has 0 aliphatic carbocycles. The van der Waals surface area contributed by atoms with Gasteiger partial charge < -0.3 is 14.4 Å². The van der Waals surface area contributed by atoms with Gasteiger partial charge >= 0.3 is 5.97 Å². The smallest absolute Gasteiger partial charge is 0.303 e. The number of rotatable bonds is 5. The van der Waals surface area contributed by atoms with Crippen LogP contribution in [0.5, 0.6) is 5.75 Å². The van der Waals surface area contributed by atoms with Crippen LogP contribution in [0.1, 0.15) is 37.2 Å². The molecule has 2 heterocycles. The fourth-order valence-electron chi connectivity index (χ4n) is 2.92. The van der Waals surface area contributed by atoms with Crippen molar-refractivity contribution < 1.29 is 19.1 Å². The van der Waals surface area contributed by atoms with Gasteiger partial charge in [-0.1, -0.05) is 12.1 Å². The van der Waals surface area contributed by atoms with E-state index in [1.165, 1.54) is 18.3 Å². The number of methoxy groups -OCH3 is 1. The number of carbonyl (C=O) groups excluding carboxylic acids is 2. The molecule has 3 rings (SSSR count). The Morgan fingerprint density at radius 2 is 2.04 bits per heavy atom. The van der Waals surface area contributed by atoms with Gasteiger partial charge in [-0.15, -0.1) is 11.3 Å². The Hall–Kier alpha value is -2.41. The average Bonchev–Trinajstić information content (AvgIpc) is 3.10. The van der Waals surface area contributed by atoms with Gasteiger partial charge in [0.25, 0.3) is 5.91 Å². The molecule has 3 atom stereocenters. The van der Waals surface area contributed by atoms with Gasteiger partial charge in [0.15, 0.2) is 0 Å². The van der Waals surface area contributed by atoms with Gasteiger partial charge in [-0.05, 0) is 24.6 Å². The van der Waals surface area contributed by atoms with Crippen molar-refractivity contribution in [2.24, 2.45) is 0 Å². The Morgan fingerprint density at radius 3 is 2.58 bits per heavy atom. The summed E-state index contributed by atoms with van der Waals surface area (Å²) in [5.41, 5.74) is 3.43. The van der Waals surface area contributed by atoms with Crippen LogP contribution in [0.15, 0.2) is 35.2 Å². The topological polar surface area (TPSA) is 68.7 Å². The molecule has 1 aromatic carbocycles. The minimum absolute atomic E-state index is 0.165. The number of thiazole rings is 1. The number of hydrogen-bond acceptors (Lipinski definition) is 6. The Morgan fingerprint density at radius 1 is 1.33 bits per heavy atom. The van der Waals surface area contributed by atoms with Crippen molar-refractivity contribution >= 4 is 23.2 Å². The van der Waals surface area contributed by atoms with Crippen molar-refractivity contribution in [1.29, 1.82) is 0 Å². The molecule has 7 heteroatoms. The van der Waals surface area contributed by atoms with Crippen LogP contribution < -0.4 is 4.74 Å². The number of esters is 1. The molecule has 1 fully saturated rings. The highest BCUT2D eigenvalue weighted by Gasteiger charge is 2.53. The summed E-state index contributed by atoms with van der Waals surface area (Å²) >= 11 is 1.45. The van der Waals surface area contributed by atoms with Crippen LogP contribution in [0.25, 0.3) is 0 Å². The molecule has 3 unspecified atom stereocenters. The van der Waals surface area contributed by atoms with Crippen LogP contribution >= 0.6 is 11.3 Å². The quantitative estimate of drug-likeness (QED) is 0.615. The first-order valence-corrected chi connectivity index (χ1v) is 8.48. The summed E-state index contributed by atoms with van der Waals surface area (Å²) in [6.07, 6.45) is -0.801. The molecule has 0 N–H and O–H groups in total. The molecule has 0 radical (unpaired) electrons. The van der Waals surface area contributed by atoms with E-state index in [-0.39, 0.29) is 18.0 Å². The highest BCUT2D eigenvalue weighted by molar-refractivity contribution is 7.07. The molecule has 0 spiro atoms. The van der Waals surface area contributed by atoms with Crippen LogP contribution in [-0.2, 0) is 14.3 Å². The highest BCUT2D eigenvalue weighted by Crippen LogP contribution is 2.43. The van der Waals surface area contributed by atoms with E-state index in [0.717, 1.165) is 17.0 Å². The van der Waals surface area contributed by atoms with E-state index in [0.29, 0.717) is 0 Å². The zero-order valence-electron chi connectivity index (χ0n) is 13.6. The lowest BCUT2D eigenvalue weighted by Gasteiger charge is -2.48. The van der Waals surface area contributed by atoms with E-state index < -0.39 is 12.1 Å². The van der Waals surface area contributed by atoms with E-state index in [4.69, 9.17) is 9.47 Å². The maximum Gasteiger partial charge on any atom is 0.303 e. The summed E-state index contributed by atoms with van der Waals surface area (Å²) in [5.74, 6) is 0.0894. The maximum atomic E-state index is 12.5. The second kappa shape index (κ2) is 6.60. The molecule has 1 saturated heterocycles. The number of benzene rings is 1. The zero-order chi connectivity index (χ0) is 17.3. The van der Waals surface area contributed by atoms with E-state index in [1.807, 2.05) is 36.6 Å². The third kappa shape index (κ3) is 2.87. The minimum Gasteiger partial charge on any atom is -0.497 e. The van der Waals surface area contributed by atoms with Gasteiger partial charge in [-0.2, -0.15) is 0 Å². The fourth-order valence-corrected chi connectivity index (χ4v) is 3.50. The summed E-state index contributed by atoms with van der Waals surface area (Å²) in [4.78, 5) is 29.9. The number of carbonyl (C=O) groups is 2. The molecule has 0 saturated carbocycles. The van der Waals surface area contributed by atoms with Gasteiger partial charge in [0, 0.05) is 12.3 Å². The molecule has 24 heavy (non-hydrogen) atoms. The van der Waals surface area contributed by atoms with E-state index in [1.54, 1.807) is 17.5 Å². The molecular formula is C17H18N2O4S. The SMILES string of the molecule is COc1ccc(C(C)N2C(=O)C(OC(C)=O)C2c2cscn2)cc1. The number of β-lactam (4-membered cyclic amide) rings is 1. The molecule has 6 nitrogen and oxygen atoms in total. The molecular weight excluding hydrogens is 328 g/mol. The number of aromatic nitrogens is 1. The van der Waals surface area contributed by atoms with Crippen molar-refractivity contribution in [2.75, 3.05) is 7.11 Å². The van der Waals surface area contributed by atoms with Crippen LogP contribution in [0.2, 0.25) is 0 Å². The van der Waals surface area contributed by atoms with Gasteiger partial charge in [-0.3, -0.25) is 9.59 Å². The average molecular weight is 346 g/mol. The van der Waals surface area contributed by atoms with Crippen LogP contribution in [0.4, 0.5) is 0 Å². The third-order valence-electron chi connectivity index (χ3n) is 4.15. The Labute approximate surface area is 144 Å². The Bertz CT molecular complexity index is 730. The summed E-state index contributed by atoms with van der Waals surface area (Å²) in [5, 5.41) is 1.88. The number of likely N-dealkylation sites (tertiary alicyclic amines) is 1. The number of hydrogen-bond donors (Lipinski definition) is 0. The largest absolute Gasteiger partial charge is 0.497 e. The molecule has 1 amide bonds. The third-order valence-corrected chi connectivity index (χ3v) is 4.75. The van der Waals surface area contributed by atoms with Gasteiger partial charge in [-0.25, -0.2) is 4.98 Å². The molecule has 1 aliphatic rings. The predicted molar refractivity (Wildman–Crippen MR) is 88.7 cm³/mol. The Balaban J connectivity index is 1.87. The lowest BCUT2D eigenvalue weighted by atomic mass is 9.90. The Kier molecular flexibility index (Phi) is 4.53. The lowest BCUT2D eigenvalue weighted by molar-refractivity contribution is -0.187. The molecule has 126 valence electrons. The molecule has 0 bridgehead atoms. The second-order valence-corrected chi connectivity index (χ2v) is 6.30. The van der Waals surface area contributed by atoms with Crippen molar-refractivity contribution in [1.82, 2.24) is 9.88 Å². The van der Waals surface area contributed by atoms with Crippen molar-refractivity contribution in [3.05, 3.63) is 46.4 Å². The second-order valence-electron chi connectivity index (χ2n) is 5.58. The number of ether oxygens (including phenoxy) is 2. The normalized spacial score (nSPS) is 21.1. The van der Waals surface area contributed by atoms with Gasteiger partial charge in [0.05, 0.1) is 24.4 Å². The van der Waals surface area contributed by atoms with Gasteiger partial charge in [0.2, 0.25) is 6.10 Å². The van der Waals surface area contributed by atoms with E-state index >= 15 is 0 Å². The van der Waals surface area contributed by atoms with Crippen molar-refractivity contribution in [2.45, 2.75) is 32.0 Å². The van der Waals surface area contributed by atoms with Crippen molar-refractivity contribution in [3.63, 3.8) is 0 Å². The molecule has 1 aromatic heterocycles. The number of nitrogens with zero attached hydrogens (tertiary/aromatic N) is 2. The highest BCUT2D eigenvalue weighted by atomic mass is 32.1. The standard InChI is InChI=1S/C17H18N2O4S/c1-10(12-4-6-13(22-3)7-5-12)19-15(14-8-24-9-18-14)16(17(19)21)23-11(2)20/h4-10,15-16H,1-3H3. The summed E-state index contributed by atoms with van der Waals surface area (Å²) in [7, 11) is 1.61. The summed E-state index contributed by atoms with van der Waals surface area (Å²) in [6.45, 7) is 3.25. The number of amides is 1. The maximum absolute atomic E-state index is 12.5. The summed E-state index contributed by atoms with van der Waals surface area (Å²) < 4.78 is 10.4. The summed E-state index contributed by atoms with van der Waals surface area (Å²) in [6, 6.07) is 7.04. The van der Waals surface area contributed by atoms with Crippen LogP contribution in [0, 0.1) is 0 Å². The lowest BCUT2D eigenvalue weighted by Crippen LogP contribution is -2.60. The van der Waals surface area contributed by atoms with Crippen LogP contribution in [0.3, 0.4) is 0 Å². The first-order valence-electron chi connectivity index (χ1n) is 7.54. The van der Waals surface area contributed by atoms with E-state index in [9.17, 15) is 9.59 Å². The van der Waals surface area contributed by atoms with Crippen LogP contribution in [-0.4, -0.2) is 35.0 Å². The fraction of sp³-hybridized carbons (Fsp3) is 0.353. The van der Waals surface area contributed by atoms with E-state index in [2.05, 4.69) is 4.98 Å². The predicted octanol–water partition coefficient (Wildman–Crippen LogP) is 2.73. The zero-order valence-corrected chi connectivity index (χ0v) is 14.4. The van der Waals surface area contributed by atoms with Gasteiger partial charge in [0.1, 0.15) is 11.8 Å². The first kappa shape index (κ1) is 16.4. The first-order chi connectivity index (χ1) is 11.5. The minimum atomic E-state index is -0.801. The monoisotopic (exact) mass is 346 g/mol.